The van der Waals surface area contributed by atoms with Gasteiger partial charge in [-0.25, -0.2) is 0 Å². The van der Waals surface area contributed by atoms with Gasteiger partial charge in [0.25, 0.3) is 5.91 Å². The lowest BCUT2D eigenvalue weighted by Crippen LogP contribution is -2.26. The number of rotatable bonds is 7. The molecule has 0 radical (unpaired) electrons. The van der Waals surface area contributed by atoms with E-state index in [0.29, 0.717) is 38.7 Å². The molecule has 0 aromatic heterocycles. The Hall–Kier alpha value is -1.07. The maximum absolute atomic E-state index is 12.2. The fourth-order valence-corrected chi connectivity index (χ4v) is 3.80. The summed E-state index contributed by atoms with van der Waals surface area (Å²) < 4.78 is 5.18. The Bertz CT molecular complexity index is 705. The van der Waals surface area contributed by atoms with Crippen LogP contribution in [0.3, 0.4) is 0 Å². The minimum Gasteiger partial charge on any atom is -0.496 e. The van der Waals surface area contributed by atoms with Gasteiger partial charge in [-0.2, -0.15) is 11.8 Å². The zero-order valence-electron chi connectivity index (χ0n) is 12.9. The average Bonchev–Trinajstić information content (AvgIpc) is 2.56. The zero-order valence-corrected chi connectivity index (χ0v) is 16.0. The van der Waals surface area contributed by atoms with Crippen LogP contribution in [0, 0.1) is 0 Å². The molecule has 7 heteroatoms. The first-order chi connectivity index (χ1) is 11.5. The Balaban J connectivity index is 1.82. The lowest BCUT2D eigenvalue weighted by Gasteiger charge is -2.10. The van der Waals surface area contributed by atoms with Gasteiger partial charge in [-0.15, -0.1) is 0 Å². The SMILES string of the molecule is COc1ccc(Cl)cc1C(=O)NCCSCc1c(Cl)cccc1Cl. The summed E-state index contributed by atoms with van der Waals surface area (Å²) in [6, 6.07) is 10.4. The van der Waals surface area contributed by atoms with E-state index in [2.05, 4.69) is 5.32 Å². The van der Waals surface area contributed by atoms with Crippen molar-refractivity contribution >= 4 is 52.5 Å². The molecule has 1 N–H and O–H groups in total. The number of halogens is 3. The number of carbonyl (C=O) groups excluding carboxylic acids is 1. The summed E-state index contributed by atoms with van der Waals surface area (Å²) in [5.41, 5.74) is 1.33. The van der Waals surface area contributed by atoms with E-state index in [9.17, 15) is 4.79 Å². The van der Waals surface area contributed by atoms with Crippen LogP contribution < -0.4 is 10.1 Å². The van der Waals surface area contributed by atoms with E-state index in [0.717, 1.165) is 11.3 Å². The Morgan fingerprint density at radius 1 is 1.17 bits per heavy atom. The lowest BCUT2D eigenvalue weighted by molar-refractivity contribution is 0.0953. The number of carbonyl (C=O) groups is 1. The number of methoxy groups -OCH3 is 1. The van der Waals surface area contributed by atoms with Crippen LogP contribution in [0.25, 0.3) is 0 Å². The molecule has 2 rings (SSSR count). The van der Waals surface area contributed by atoms with Crippen LogP contribution in [0.2, 0.25) is 15.1 Å². The highest BCUT2D eigenvalue weighted by Gasteiger charge is 2.12. The fourth-order valence-electron chi connectivity index (χ4n) is 2.03. The molecule has 0 saturated carbocycles. The van der Waals surface area contributed by atoms with E-state index >= 15 is 0 Å². The Kier molecular flexibility index (Phi) is 7.56. The molecule has 0 bridgehead atoms. The molecule has 24 heavy (non-hydrogen) atoms. The monoisotopic (exact) mass is 403 g/mol. The molecule has 0 unspecified atom stereocenters. The predicted octanol–water partition coefficient (Wildman–Crippen LogP) is 5.32. The van der Waals surface area contributed by atoms with E-state index in [-0.39, 0.29) is 5.91 Å². The Morgan fingerprint density at radius 3 is 2.54 bits per heavy atom. The van der Waals surface area contributed by atoms with Crippen molar-refractivity contribution in [1.29, 1.82) is 0 Å². The number of thioether (sulfide) groups is 1. The van der Waals surface area contributed by atoms with Crippen LogP contribution in [0.1, 0.15) is 15.9 Å². The van der Waals surface area contributed by atoms with Crippen molar-refractivity contribution in [1.82, 2.24) is 5.32 Å². The molecule has 0 fully saturated rings. The molecular formula is C17H16Cl3NO2S. The van der Waals surface area contributed by atoms with Gasteiger partial charge in [0, 0.05) is 33.1 Å². The number of amides is 1. The quantitative estimate of drug-likeness (QED) is 0.635. The third kappa shape index (κ3) is 5.21. The summed E-state index contributed by atoms with van der Waals surface area (Å²) >= 11 is 19.8. The van der Waals surface area contributed by atoms with Crippen molar-refractivity contribution in [2.75, 3.05) is 19.4 Å². The van der Waals surface area contributed by atoms with Crippen LogP contribution in [0.4, 0.5) is 0 Å². The molecule has 128 valence electrons. The second-order valence-electron chi connectivity index (χ2n) is 4.85. The predicted molar refractivity (Wildman–Crippen MR) is 103 cm³/mol. The van der Waals surface area contributed by atoms with Crippen molar-refractivity contribution < 1.29 is 9.53 Å². The first-order valence-corrected chi connectivity index (χ1v) is 9.44. The highest BCUT2D eigenvalue weighted by atomic mass is 35.5. The Labute approximate surface area is 160 Å². The number of hydrogen-bond donors (Lipinski definition) is 1. The zero-order chi connectivity index (χ0) is 17.5. The third-order valence-electron chi connectivity index (χ3n) is 3.25. The molecule has 0 aliphatic carbocycles. The molecule has 0 heterocycles. The largest absolute Gasteiger partial charge is 0.496 e. The highest BCUT2D eigenvalue weighted by Crippen LogP contribution is 2.28. The summed E-state index contributed by atoms with van der Waals surface area (Å²) in [5.74, 6) is 1.70. The van der Waals surface area contributed by atoms with Crippen molar-refractivity contribution in [2.45, 2.75) is 5.75 Å². The summed E-state index contributed by atoms with van der Waals surface area (Å²) in [4.78, 5) is 12.2. The normalized spacial score (nSPS) is 10.5. The molecular weight excluding hydrogens is 389 g/mol. The van der Waals surface area contributed by atoms with Gasteiger partial charge in [-0.3, -0.25) is 4.79 Å². The molecule has 2 aromatic rings. The van der Waals surface area contributed by atoms with Gasteiger partial charge < -0.3 is 10.1 Å². The fraction of sp³-hybridized carbons (Fsp3) is 0.235. The van der Waals surface area contributed by atoms with Crippen LogP contribution >= 0.6 is 46.6 Å². The maximum atomic E-state index is 12.2. The van der Waals surface area contributed by atoms with Crippen LogP contribution in [-0.2, 0) is 5.75 Å². The molecule has 0 spiro atoms. The van der Waals surface area contributed by atoms with E-state index in [4.69, 9.17) is 39.5 Å². The van der Waals surface area contributed by atoms with E-state index in [1.807, 2.05) is 18.2 Å². The standard InChI is InChI=1S/C17H16Cl3NO2S/c1-23-16-6-5-11(18)9-12(16)17(22)21-7-8-24-10-13-14(19)3-2-4-15(13)20/h2-6,9H,7-8,10H2,1H3,(H,21,22). The minimum atomic E-state index is -0.217. The van der Waals surface area contributed by atoms with Crippen molar-refractivity contribution in [2.24, 2.45) is 0 Å². The molecule has 0 aliphatic heterocycles. The second kappa shape index (κ2) is 9.42. The molecule has 0 saturated heterocycles. The average molecular weight is 405 g/mol. The summed E-state index contributed by atoms with van der Waals surface area (Å²) in [5, 5.41) is 4.65. The topological polar surface area (TPSA) is 38.3 Å². The van der Waals surface area contributed by atoms with Crippen molar-refractivity contribution in [3.05, 3.63) is 62.6 Å². The van der Waals surface area contributed by atoms with Crippen LogP contribution in [-0.4, -0.2) is 25.3 Å². The molecule has 3 nitrogen and oxygen atoms in total. The van der Waals surface area contributed by atoms with Crippen LogP contribution in [0.5, 0.6) is 5.75 Å². The number of benzene rings is 2. The summed E-state index contributed by atoms with van der Waals surface area (Å²) in [6.45, 7) is 0.515. The minimum absolute atomic E-state index is 0.217. The van der Waals surface area contributed by atoms with Gasteiger partial charge in [-0.1, -0.05) is 40.9 Å². The first-order valence-electron chi connectivity index (χ1n) is 7.15. The van der Waals surface area contributed by atoms with Gasteiger partial charge in [0.2, 0.25) is 0 Å². The van der Waals surface area contributed by atoms with Gasteiger partial charge in [-0.05, 0) is 35.9 Å². The molecule has 0 atom stereocenters. The lowest BCUT2D eigenvalue weighted by atomic mass is 10.2. The smallest absolute Gasteiger partial charge is 0.255 e. The van der Waals surface area contributed by atoms with Gasteiger partial charge in [0.15, 0.2) is 0 Å². The molecule has 1 amide bonds. The first kappa shape index (κ1) is 19.3. The number of nitrogens with one attached hydrogen (secondary N) is 1. The highest BCUT2D eigenvalue weighted by molar-refractivity contribution is 7.98. The molecule has 0 aliphatic rings. The van der Waals surface area contributed by atoms with Crippen molar-refractivity contribution in [3.8, 4) is 5.75 Å². The second-order valence-corrected chi connectivity index (χ2v) is 7.21. The van der Waals surface area contributed by atoms with Gasteiger partial charge >= 0.3 is 0 Å². The van der Waals surface area contributed by atoms with Crippen molar-refractivity contribution in [3.63, 3.8) is 0 Å². The maximum Gasteiger partial charge on any atom is 0.255 e. The molecule has 2 aromatic carbocycles. The number of ether oxygens (including phenoxy) is 1. The van der Waals surface area contributed by atoms with Crippen LogP contribution in [0.15, 0.2) is 36.4 Å². The number of hydrogen-bond acceptors (Lipinski definition) is 3. The van der Waals surface area contributed by atoms with Gasteiger partial charge in [0.05, 0.1) is 12.7 Å². The Morgan fingerprint density at radius 2 is 1.88 bits per heavy atom. The third-order valence-corrected chi connectivity index (χ3v) is 5.18. The van der Waals surface area contributed by atoms with E-state index < -0.39 is 0 Å². The van der Waals surface area contributed by atoms with Gasteiger partial charge in [0.1, 0.15) is 5.75 Å². The summed E-state index contributed by atoms with van der Waals surface area (Å²) in [7, 11) is 1.52. The summed E-state index contributed by atoms with van der Waals surface area (Å²) in [6.07, 6.45) is 0. The van der Waals surface area contributed by atoms with E-state index in [1.54, 1.807) is 30.0 Å². The van der Waals surface area contributed by atoms with E-state index in [1.165, 1.54) is 7.11 Å².